The maximum absolute atomic E-state index is 11.0. The molecule has 0 bridgehead atoms. The summed E-state index contributed by atoms with van der Waals surface area (Å²) in [5.41, 5.74) is 8.10. The molecule has 6 heteroatoms. The van der Waals surface area contributed by atoms with Crippen LogP contribution in [0.15, 0.2) is 29.3 Å². The van der Waals surface area contributed by atoms with Crippen LogP contribution in [0, 0.1) is 0 Å². The molecule has 130 valence electrons. The third-order valence-corrected chi connectivity index (χ3v) is 3.37. The number of hydrogen-bond acceptors (Lipinski definition) is 3. The molecule has 3 N–H and O–H groups in total. The number of anilines is 1. The van der Waals surface area contributed by atoms with E-state index in [2.05, 4.69) is 41.0 Å². The molecule has 0 aliphatic carbocycles. The maximum atomic E-state index is 11.0. The Morgan fingerprint density at radius 3 is 2.70 bits per heavy atom. The van der Waals surface area contributed by atoms with E-state index in [1.54, 1.807) is 0 Å². The van der Waals surface area contributed by atoms with Gasteiger partial charge in [-0.05, 0) is 36.5 Å². The number of benzene rings is 1. The molecule has 0 atom stereocenters. The molecule has 0 aliphatic rings. The molecule has 0 aromatic heterocycles. The summed E-state index contributed by atoms with van der Waals surface area (Å²) < 4.78 is 4.59. The van der Waals surface area contributed by atoms with E-state index in [9.17, 15) is 4.79 Å². The molecular weight excluding hydrogens is 405 g/mol. The van der Waals surface area contributed by atoms with Gasteiger partial charge in [0.25, 0.3) is 0 Å². The number of aliphatic imine (C=N–C) groups is 1. The third-order valence-electron chi connectivity index (χ3n) is 3.37. The number of methoxy groups -OCH3 is 1. The van der Waals surface area contributed by atoms with Crippen LogP contribution in [0.1, 0.15) is 51.0 Å². The number of esters is 1. The van der Waals surface area contributed by atoms with E-state index in [0.29, 0.717) is 24.8 Å². The molecule has 0 heterocycles. The molecule has 0 fully saturated rings. The second kappa shape index (κ2) is 12.2. The van der Waals surface area contributed by atoms with E-state index < -0.39 is 0 Å². The van der Waals surface area contributed by atoms with Gasteiger partial charge in [0.15, 0.2) is 5.96 Å². The van der Waals surface area contributed by atoms with Crippen LogP contribution in [0.3, 0.4) is 0 Å². The largest absolute Gasteiger partial charge is 0.469 e. The zero-order valence-electron chi connectivity index (χ0n) is 14.2. The lowest BCUT2D eigenvalue weighted by Gasteiger charge is -2.10. The molecule has 1 aromatic carbocycles. The number of carbonyl (C=O) groups is 1. The number of unbranched alkanes of at least 4 members (excludes halogenated alkanes) is 2. The number of nitrogens with one attached hydrogen (secondary N) is 1. The van der Waals surface area contributed by atoms with Crippen molar-refractivity contribution in [2.75, 3.05) is 19.0 Å². The fourth-order valence-electron chi connectivity index (χ4n) is 2.02. The summed E-state index contributed by atoms with van der Waals surface area (Å²) in [6.45, 7) is 4.97. The number of halogens is 1. The zero-order valence-corrected chi connectivity index (χ0v) is 16.5. The highest BCUT2D eigenvalue weighted by Gasteiger charge is 2.01. The first-order chi connectivity index (χ1) is 10.5. The van der Waals surface area contributed by atoms with Crippen LogP contribution < -0.4 is 11.1 Å². The van der Waals surface area contributed by atoms with Crippen LogP contribution in [-0.4, -0.2) is 25.6 Å². The van der Waals surface area contributed by atoms with Crippen molar-refractivity contribution in [1.29, 1.82) is 0 Å². The van der Waals surface area contributed by atoms with Gasteiger partial charge in [-0.2, -0.15) is 0 Å². The summed E-state index contributed by atoms with van der Waals surface area (Å²) >= 11 is 0. The van der Waals surface area contributed by atoms with Gasteiger partial charge in [-0.25, -0.2) is 0 Å². The van der Waals surface area contributed by atoms with Gasteiger partial charge in [0.05, 0.1) is 7.11 Å². The Hall–Kier alpha value is -1.31. The molecule has 0 radical (unpaired) electrons. The van der Waals surface area contributed by atoms with Crippen LogP contribution in [0.2, 0.25) is 0 Å². The molecule has 0 saturated heterocycles. The van der Waals surface area contributed by atoms with E-state index in [-0.39, 0.29) is 29.9 Å². The number of nitrogens with zero attached hydrogens (tertiary/aromatic N) is 1. The van der Waals surface area contributed by atoms with Crippen LogP contribution in [0.5, 0.6) is 0 Å². The van der Waals surface area contributed by atoms with Gasteiger partial charge in [-0.3, -0.25) is 9.79 Å². The normalized spacial score (nSPS) is 11.0. The third kappa shape index (κ3) is 9.43. The molecule has 0 spiro atoms. The van der Waals surface area contributed by atoms with Crippen molar-refractivity contribution in [2.45, 2.75) is 45.4 Å². The van der Waals surface area contributed by atoms with E-state index in [0.717, 1.165) is 24.9 Å². The van der Waals surface area contributed by atoms with E-state index in [1.165, 1.54) is 12.7 Å². The van der Waals surface area contributed by atoms with Gasteiger partial charge in [0.2, 0.25) is 0 Å². The first kappa shape index (κ1) is 21.7. The van der Waals surface area contributed by atoms with Gasteiger partial charge < -0.3 is 15.8 Å². The summed E-state index contributed by atoms with van der Waals surface area (Å²) in [5.74, 6) is 0.748. The maximum Gasteiger partial charge on any atom is 0.305 e. The van der Waals surface area contributed by atoms with Crippen LogP contribution >= 0.6 is 24.0 Å². The number of hydrogen-bond donors (Lipinski definition) is 2. The number of nitrogens with two attached hydrogens (primary N) is 1. The van der Waals surface area contributed by atoms with Gasteiger partial charge in [-0.15, -0.1) is 24.0 Å². The second-order valence-electron chi connectivity index (χ2n) is 5.56. The Bertz CT molecular complexity index is 504. The average Bonchev–Trinajstić information content (AvgIpc) is 2.50. The van der Waals surface area contributed by atoms with Crippen molar-refractivity contribution in [2.24, 2.45) is 10.7 Å². The number of carbonyl (C=O) groups excluding carboxylic acids is 1. The summed E-state index contributed by atoms with van der Waals surface area (Å²) in [6, 6.07) is 8.18. The summed E-state index contributed by atoms with van der Waals surface area (Å²) in [4.78, 5) is 15.2. The first-order valence-electron chi connectivity index (χ1n) is 7.76. The lowest BCUT2D eigenvalue weighted by atomic mass is 10.0. The molecule has 23 heavy (non-hydrogen) atoms. The quantitative estimate of drug-likeness (QED) is 0.215. The van der Waals surface area contributed by atoms with Crippen molar-refractivity contribution in [3.8, 4) is 0 Å². The average molecular weight is 433 g/mol. The predicted molar refractivity (Wildman–Crippen MR) is 107 cm³/mol. The highest BCUT2D eigenvalue weighted by atomic mass is 127. The fraction of sp³-hybridized carbons (Fsp3) is 0.529. The van der Waals surface area contributed by atoms with Crippen molar-refractivity contribution in [1.82, 2.24) is 0 Å². The Morgan fingerprint density at radius 2 is 2.04 bits per heavy atom. The minimum absolute atomic E-state index is 0. The Kier molecular flexibility index (Phi) is 11.5. The predicted octanol–water partition coefficient (Wildman–Crippen LogP) is 3.89. The molecule has 0 amide bonds. The summed E-state index contributed by atoms with van der Waals surface area (Å²) in [7, 11) is 1.41. The summed E-state index contributed by atoms with van der Waals surface area (Å²) in [6.07, 6.45) is 3.14. The van der Waals surface area contributed by atoms with Crippen LogP contribution in [0.4, 0.5) is 5.69 Å². The Labute approximate surface area is 156 Å². The first-order valence-corrected chi connectivity index (χ1v) is 7.76. The standard InChI is InChI=1S/C17H27N3O2.HI/c1-13(2)14-8-7-9-15(12-14)20-17(18)19-11-6-4-5-10-16(21)22-3;/h7-9,12-13H,4-6,10-11H2,1-3H3,(H3,18,19,20);1H. The van der Waals surface area contributed by atoms with Crippen molar-refractivity contribution in [3.05, 3.63) is 29.8 Å². The lowest BCUT2D eigenvalue weighted by Crippen LogP contribution is -2.22. The van der Waals surface area contributed by atoms with Crippen molar-refractivity contribution >= 4 is 41.6 Å². The van der Waals surface area contributed by atoms with Gasteiger partial charge >= 0.3 is 5.97 Å². The minimum atomic E-state index is -0.158. The van der Waals surface area contributed by atoms with Crippen LogP contribution in [0.25, 0.3) is 0 Å². The molecule has 1 rings (SSSR count). The molecule has 0 saturated carbocycles. The van der Waals surface area contributed by atoms with E-state index in [4.69, 9.17) is 5.73 Å². The SMILES string of the molecule is COC(=O)CCCCCN=C(N)Nc1cccc(C(C)C)c1.I. The van der Waals surface area contributed by atoms with E-state index in [1.807, 2.05) is 12.1 Å². The smallest absolute Gasteiger partial charge is 0.305 e. The summed E-state index contributed by atoms with van der Waals surface area (Å²) in [5, 5.41) is 3.11. The monoisotopic (exact) mass is 433 g/mol. The number of ether oxygens (including phenoxy) is 1. The second-order valence-corrected chi connectivity index (χ2v) is 5.56. The number of rotatable bonds is 8. The molecule has 0 unspecified atom stereocenters. The minimum Gasteiger partial charge on any atom is -0.469 e. The highest BCUT2D eigenvalue weighted by molar-refractivity contribution is 14.0. The molecular formula is C17H28IN3O2. The van der Waals surface area contributed by atoms with Crippen LogP contribution in [-0.2, 0) is 9.53 Å². The lowest BCUT2D eigenvalue weighted by molar-refractivity contribution is -0.140. The van der Waals surface area contributed by atoms with E-state index >= 15 is 0 Å². The van der Waals surface area contributed by atoms with Gasteiger partial charge in [0, 0.05) is 18.7 Å². The highest BCUT2D eigenvalue weighted by Crippen LogP contribution is 2.18. The van der Waals surface area contributed by atoms with Crippen molar-refractivity contribution in [3.63, 3.8) is 0 Å². The molecule has 1 aromatic rings. The topological polar surface area (TPSA) is 76.7 Å². The zero-order chi connectivity index (χ0) is 16.4. The number of guanidine groups is 1. The van der Waals surface area contributed by atoms with Gasteiger partial charge in [0.1, 0.15) is 0 Å². The Morgan fingerprint density at radius 1 is 1.30 bits per heavy atom. The Balaban J connectivity index is 0.00000484. The molecule has 0 aliphatic heterocycles. The van der Waals surface area contributed by atoms with Gasteiger partial charge in [-0.1, -0.05) is 32.4 Å². The molecule has 5 nitrogen and oxygen atoms in total. The fourth-order valence-corrected chi connectivity index (χ4v) is 2.02. The van der Waals surface area contributed by atoms with Crippen molar-refractivity contribution < 1.29 is 9.53 Å².